The summed E-state index contributed by atoms with van der Waals surface area (Å²) in [7, 11) is 1.35. The van der Waals surface area contributed by atoms with Crippen molar-refractivity contribution in [2.75, 3.05) is 24.3 Å². The van der Waals surface area contributed by atoms with Gasteiger partial charge in [0, 0.05) is 6.54 Å². The second-order valence-electron chi connectivity index (χ2n) is 5.16. The summed E-state index contributed by atoms with van der Waals surface area (Å²) in [4.78, 5) is 24.0. The molecule has 0 radical (unpaired) electrons. The first-order valence-corrected chi connectivity index (χ1v) is 6.43. The number of nitrogens with one attached hydrogen (secondary N) is 2. The second kappa shape index (κ2) is 4.26. The van der Waals surface area contributed by atoms with Crippen LogP contribution in [0.1, 0.15) is 29.6 Å². The Morgan fingerprint density at radius 1 is 1.37 bits per heavy atom. The molecule has 2 aliphatic rings. The molecule has 1 aromatic rings. The Kier molecular flexibility index (Phi) is 2.69. The molecule has 1 aromatic carbocycles. The monoisotopic (exact) mass is 260 g/mol. The summed E-state index contributed by atoms with van der Waals surface area (Å²) in [5, 5.41) is 6.17. The Hall–Kier alpha value is -2.04. The highest BCUT2D eigenvalue weighted by Crippen LogP contribution is 2.45. The van der Waals surface area contributed by atoms with Gasteiger partial charge >= 0.3 is 5.97 Å². The SMILES string of the molecule is COC(=O)c1cccc2c1NCC1(CCC1)C(=O)N2. The molecule has 1 aliphatic heterocycles. The molecule has 3 rings (SSSR count). The molecule has 0 bridgehead atoms. The molecule has 1 saturated carbocycles. The predicted octanol–water partition coefficient (Wildman–Crippen LogP) is 2.01. The van der Waals surface area contributed by atoms with E-state index in [0.29, 0.717) is 23.5 Å². The van der Waals surface area contributed by atoms with Gasteiger partial charge in [-0.2, -0.15) is 0 Å². The van der Waals surface area contributed by atoms with Gasteiger partial charge in [-0.25, -0.2) is 4.79 Å². The molecule has 2 N–H and O–H groups in total. The van der Waals surface area contributed by atoms with Gasteiger partial charge in [-0.1, -0.05) is 12.5 Å². The van der Waals surface area contributed by atoms with Crippen molar-refractivity contribution in [1.82, 2.24) is 0 Å². The molecule has 0 atom stereocenters. The number of ether oxygens (including phenoxy) is 1. The number of rotatable bonds is 1. The normalized spacial score (nSPS) is 19.5. The Morgan fingerprint density at radius 3 is 2.79 bits per heavy atom. The number of esters is 1. The summed E-state index contributed by atoms with van der Waals surface area (Å²) >= 11 is 0. The van der Waals surface area contributed by atoms with Crippen molar-refractivity contribution in [1.29, 1.82) is 0 Å². The zero-order valence-electron chi connectivity index (χ0n) is 10.8. The van der Waals surface area contributed by atoms with E-state index in [1.165, 1.54) is 7.11 Å². The zero-order chi connectivity index (χ0) is 13.5. The minimum Gasteiger partial charge on any atom is -0.465 e. The van der Waals surface area contributed by atoms with Crippen LogP contribution in [-0.4, -0.2) is 25.5 Å². The molecule has 1 aliphatic carbocycles. The summed E-state index contributed by atoms with van der Waals surface area (Å²) in [6.07, 6.45) is 2.87. The van der Waals surface area contributed by atoms with Crippen LogP contribution in [0.4, 0.5) is 11.4 Å². The van der Waals surface area contributed by atoms with E-state index in [2.05, 4.69) is 10.6 Å². The van der Waals surface area contributed by atoms with Crippen LogP contribution in [0.15, 0.2) is 18.2 Å². The Labute approximate surface area is 111 Å². The quantitative estimate of drug-likeness (QED) is 0.758. The van der Waals surface area contributed by atoms with E-state index in [0.717, 1.165) is 19.3 Å². The number of hydrogen-bond acceptors (Lipinski definition) is 4. The first-order chi connectivity index (χ1) is 9.16. The topological polar surface area (TPSA) is 67.4 Å². The van der Waals surface area contributed by atoms with Crippen LogP contribution in [0.3, 0.4) is 0 Å². The molecule has 19 heavy (non-hydrogen) atoms. The van der Waals surface area contributed by atoms with Crippen LogP contribution >= 0.6 is 0 Å². The van der Waals surface area contributed by atoms with Gasteiger partial charge in [0.25, 0.3) is 0 Å². The third-order valence-corrected chi connectivity index (χ3v) is 4.11. The minimum atomic E-state index is -0.400. The number of carbonyl (C=O) groups excluding carboxylic acids is 2. The largest absolute Gasteiger partial charge is 0.465 e. The van der Waals surface area contributed by atoms with Gasteiger partial charge in [0.2, 0.25) is 5.91 Å². The van der Waals surface area contributed by atoms with Gasteiger partial charge in [0.15, 0.2) is 0 Å². The summed E-state index contributed by atoms with van der Waals surface area (Å²) < 4.78 is 4.77. The smallest absolute Gasteiger partial charge is 0.340 e. The van der Waals surface area contributed by atoms with Crippen molar-refractivity contribution in [3.8, 4) is 0 Å². The maximum atomic E-state index is 12.3. The summed E-state index contributed by atoms with van der Waals surface area (Å²) in [6.45, 7) is 0.569. The van der Waals surface area contributed by atoms with Crippen LogP contribution in [0.2, 0.25) is 0 Å². The standard InChI is InChI=1S/C14H16N2O3/c1-19-12(17)9-4-2-5-10-11(9)15-8-14(6-3-7-14)13(18)16-10/h2,4-5,15H,3,6-8H2,1H3,(H,16,18). The maximum absolute atomic E-state index is 12.3. The van der Waals surface area contributed by atoms with Crippen LogP contribution in [-0.2, 0) is 9.53 Å². The number of fused-ring (bicyclic) bond motifs is 1. The molecular weight excluding hydrogens is 244 g/mol. The lowest BCUT2D eigenvalue weighted by Crippen LogP contribution is -2.45. The highest BCUT2D eigenvalue weighted by molar-refractivity contribution is 6.05. The molecular formula is C14H16N2O3. The lowest BCUT2D eigenvalue weighted by atomic mass is 9.68. The van der Waals surface area contributed by atoms with Gasteiger partial charge in [-0.05, 0) is 25.0 Å². The Morgan fingerprint density at radius 2 is 2.16 bits per heavy atom. The number of amides is 1. The van der Waals surface area contributed by atoms with Gasteiger partial charge in [0.1, 0.15) is 0 Å². The first-order valence-electron chi connectivity index (χ1n) is 6.43. The van der Waals surface area contributed by atoms with Crippen LogP contribution < -0.4 is 10.6 Å². The van der Waals surface area contributed by atoms with E-state index < -0.39 is 5.97 Å². The number of methoxy groups -OCH3 is 1. The molecule has 5 nitrogen and oxygen atoms in total. The fourth-order valence-electron chi connectivity index (χ4n) is 2.73. The number of carbonyl (C=O) groups is 2. The fourth-order valence-corrected chi connectivity index (χ4v) is 2.73. The average Bonchev–Trinajstić information content (AvgIpc) is 2.52. The van der Waals surface area contributed by atoms with Crippen LogP contribution in [0.25, 0.3) is 0 Å². The minimum absolute atomic E-state index is 0.0482. The predicted molar refractivity (Wildman–Crippen MR) is 71.2 cm³/mol. The Bertz CT molecular complexity index is 550. The number of para-hydroxylation sites is 1. The molecule has 1 spiro atoms. The van der Waals surface area contributed by atoms with Crippen molar-refractivity contribution in [2.24, 2.45) is 5.41 Å². The second-order valence-corrected chi connectivity index (χ2v) is 5.16. The summed E-state index contributed by atoms with van der Waals surface area (Å²) in [6, 6.07) is 5.23. The lowest BCUT2D eigenvalue weighted by molar-refractivity contribution is -0.129. The number of anilines is 2. The number of benzene rings is 1. The van der Waals surface area contributed by atoms with E-state index in [-0.39, 0.29) is 11.3 Å². The van der Waals surface area contributed by atoms with Crippen LogP contribution in [0.5, 0.6) is 0 Å². The zero-order valence-corrected chi connectivity index (χ0v) is 10.8. The summed E-state index contributed by atoms with van der Waals surface area (Å²) in [5.41, 5.74) is 1.45. The average molecular weight is 260 g/mol. The van der Waals surface area contributed by atoms with Crippen molar-refractivity contribution in [3.05, 3.63) is 23.8 Å². The molecule has 0 aromatic heterocycles. The van der Waals surface area contributed by atoms with Crippen molar-refractivity contribution < 1.29 is 14.3 Å². The summed E-state index contributed by atoms with van der Waals surface area (Å²) in [5.74, 6) is -0.352. The van der Waals surface area contributed by atoms with E-state index in [9.17, 15) is 9.59 Å². The van der Waals surface area contributed by atoms with Gasteiger partial charge in [-0.3, -0.25) is 4.79 Å². The maximum Gasteiger partial charge on any atom is 0.340 e. The van der Waals surface area contributed by atoms with E-state index in [4.69, 9.17) is 4.74 Å². The molecule has 1 fully saturated rings. The third-order valence-electron chi connectivity index (χ3n) is 4.11. The molecule has 0 saturated heterocycles. The molecule has 1 heterocycles. The van der Waals surface area contributed by atoms with Crippen LogP contribution in [0, 0.1) is 5.41 Å². The highest BCUT2D eigenvalue weighted by Gasteiger charge is 2.45. The van der Waals surface area contributed by atoms with Gasteiger partial charge in [0.05, 0.1) is 29.5 Å². The Balaban J connectivity index is 2.00. The molecule has 5 heteroatoms. The van der Waals surface area contributed by atoms with Crippen molar-refractivity contribution in [3.63, 3.8) is 0 Å². The molecule has 100 valence electrons. The highest BCUT2D eigenvalue weighted by atomic mass is 16.5. The lowest BCUT2D eigenvalue weighted by Gasteiger charge is -2.38. The number of hydrogen-bond donors (Lipinski definition) is 2. The van der Waals surface area contributed by atoms with E-state index >= 15 is 0 Å². The molecule has 1 amide bonds. The first kappa shape index (κ1) is 12.0. The van der Waals surface area contributed by atoms with Gasteiger partial charge < -0.3 is 15.4 Å². The van der Waals surface area contributed by atoms with Gasteiger partial charge in [-0.15, -0.1) is 0 Å². The third kappa shape index (κ3) is 1.77. The van der Waals surface area contributed by atoms with Crippen molar-refractivity contribution >= 4 is 23.3 Å². The fraction of sp³-hybridized carbons (Fsp3) is 0.429. The molecule has 0 unspecified atom stereocenters. The van der Waals surface area contributed by atoms with Crippen molar-refractivity contribution in [2.45, 2.75) is 19.3 Å². The van der Waals surface area contributed by atoms with E-state index in [1.807, 2.05) is 0 Å². The van der Waals surface area contributed by atoms with E-state index in [1.54, 1.807) is 18.2 Å².